The summed E-state index contributed by atoms with van der Waals surface area (Å²) >= 11 is 6.60. The molecule has 0 saturated carbocycles. The van der Waals surface area contributed by atoms with Gasteiger partial charge in [0.05, 0.1) is 30.0 Å². The molecule has 7 heteroatoms. The molecule has 0 bridgehead atoms. The minimum atomic E-state index is -0.258. The molecule has 5 aromatic rings. The summed E-state index contributed by atoms with van der Waals surface area (Å²) in [6.45, 7) is 3.26. The number of benzene rings is 3. The van der Waals surface area contributed by atoms with Crippen molar-refractivity contribution in [1.29, 1.82) is 0 Å². The number of aromatic nitrogens is 4. The number of carbonyl (C=O) groups is 1. The van der Waals surface area contributed by atoms with Crippen LogP contribution in [0.1, 0.15) is 32.7 Å². The molecule has 6 nitrogen and oxygen atoms in total. The maximum absolute atomic E-state index is 13.2. The van der Waals surface area contributed by atoms with Crippen molar-refractivity contribution < 1.29 is 4.79 Å². The van der Waals surface area contributed by atoms with Gasteiger partial charge < -0.3 is 5.32 Å². The second kappa shape index (κ2) is 10.6. The Kier molecular flexibility index (Phi) is 6.96. The molecule has 2 aromatic heterocycles. The molecule has 36 heavy (non-hydrogen) atoms. The van der Waals surface area contributed by atoms with E-state index >= 15 is 0 Å². The molecular formula is C29H26ClN5O. The van der Waals surface area contributed by atoms with E-state index in [1.165, 1.54) is 0 Å². The van der Waals surface area contributed by atoms with Crippen molar-refractivity contribution in [2.24, 2.45) is 0 Å². The number of hydrogen-bond acceptors (Lipinski definition) is 3. The summed E-state index contributed by atoms with van der Waals surface area (Å²) in [5.41, 5.74) is 5.97. The molecule has 180 valence electrons. The van der Waals surface area contributed by atoms with Crippen molar-refractivity contribution in [3.05, 3.63) is 130 Å². The van der Waals surface area contributed by atoms with E-state index < -0.39 is 0 Å². The summed E-state index contributed by atoms with van der Waals surface area (Å²) in [5, 5.41) is 12.7. The standard InChI is InChI=1S/C29H26ClN5O/c1-21-26(28(30)35(32-21)19-23-13-7-3-8-14-23)29(36)31-17-25-20-34(18-22-11-5-2-6-12-22)33-27(25)24-15-9-4-10-16-24/h2-16,20H,17-19H2,1H3,(H,31,36). The fourth-order valence-corrected chi connectivity index (χ4v) is 4.54. The van der Waals surface area contributed by atoms with Crippen LogP contribution in [0, 0.1) is 6.92 Å². The van der Waals surface area contributed by atoms with E-state index in [1.807, 2.05) is 89.7 Å². The Hall–Kier alpha value is -4.16. The first kappa shape index (κ1) is 23.6. The van der Waals surface area contributed by atoms with Gasteiger partial charge in [-0.1, -0.05) is 103 Å². The number of hydrogen-bond donors (Lipinski definition) is 1. The van der Waals surface area contributed by atoms with Crippen LogP contribution in [0.15, 0.2) is 97.2 Å². The molecule has 0 unspecified atom stereocenters. The molecule has 0 aliphatic rings. The van der Waals surface area contributed by atoms with Crippen molar-refractivity contribution in [2.75, 3.05) is 0 Å². The fraction of sp³-hybridized carbons (Fsp3) is 0.138. The van der Waals surface area contributed by atoms with Crippen molar-refractivity contribution in [1.82, 2.24) is 24.9 Å². The Bertz CT molecular complexity index is 1460. The van der Waals surface area contributed by atoms with E-state index in [2.05, 4.69) is 22.5 Å². The maximum Gasteiger partial charge on any atom is 0.256 e. The second-order valence-electron chi connectivity index (χ2n) is 8.63. The lowest BCUT2D eigenvalue weighted by Gasteiger charge is -2.06. The Morgan fingerprint density at radius 3 is 2.06 bits per heavy atom. The lowest BCUT2D eigenvalue weighted by Crippen LogP contribution is -2.23. The molecule has 0 aliphatic heterocycles. The number of rotatable bonds is 8. The predicted octanol–water partition coefficient (Wildman–Crippen LogP) is 5.74. The number of carbonyl (C=O) groups excluding carboxylic acids is 1. The van der Waals surface area contributed by atoms with Crippen LogP contribution in [0.25, 0.3) is 11.3 Å². The van der Waals surface area contributed by atoms with Crippen LogP contribution in [-0.4, -0.2) is 25.5 Å². The zero-order valence-corrected chi connectivity index (χ0v) is 20.7. The Balaban J connectivity index is 1.36. The number of aryl methyl sites for hydroxylation is 1. The molecule has 5 rings (SSSR count). The Morgan fingerprint density at radius 2 is 1.42 bits per heavy atom. The number of nitrogens with one attached hydrogen (secondary N) is 1. The molecule has 3 aromatic carbocycles. The van der Waals surface area contributed by atoms with E-state index in [-0.39, 0.29) is 5.91 Å². The average molecular weight is 496 g/mol. The first-order chi connectivity index (χ1) is 17.6. The zero-order valence-electron chi connectivity index (χ0n) is 19.9. The highest BCUT2D eigenvalue weighted by Crippen LogP contribution is 2.24. The molecule has 0 spiro atoms. The smallest absolute Gasteiger partial charge is 0.256 e. The normalized spacial score (nSPS) is 10.9. The number of amides is 1. The van der Waals surface area contributed by atoms with Gasteiger partial charge in [0.2, 0.25) is 0 Å². The van der Waals surface area contributed by atoms with E-state index in [0.717, 1.165) is 27.9 Å². The van der Waals surface area contributed by atoms with Gasteiger partial charge in [0.15, 0.2) is 0 Å². The largest absolute Gasteiger partial charge is 0.348 e. The maximum atomic E-state index is 13.2. The van der Waals surface area contributed by atoms with Gasteiger partial charge in [0.25, 0.3) is 5.91 Å². The van der Waals surface area contributed by atoms with Gasteiger partial charge in [-0.3, -0.25) is 9.48 Å². The van der Waals surface area contributed by atoms with Crippen LogP contribution in [0.2, 0.25) is 5.15 Å². The molecule has 0 fully saturated rings. The van der Waals surface area contributed by atoms with Crippen LogP contribution in [0.4, 0.5) is 0 Å². The summed E-state index contributed by atoms with van der Waals surface area (Å²) in [5.74, 6) is -0.258. The first-order valence-electron chi connectivity index (χ1n) is 11.8. The zero-order chi connectivity index (χ0) is 24.9. The van der Waals surface area contributed by atoms with Crippen molar-refractivity contribution in [3.8, 4) is 11.3 Å². The van der Waals surface area contributed by atoms with Crippen LogP contribution < -0.4 is 5.32 Å². The topological polar surface area (TPSA) is 64.7 Å². The molecule has 0 saturated heterocycles. The molecule has 1 amide bonds. The lowest BCUT2D eigenvalue weighted by molar-refractivity contribution is 0.0950. The third-order valence-electron chi connectivity index (χ3n) is 5.98. The third kappa shape index (κ3) is 5.24. The van der Waals surface area contributed by atoms with E-state index in [9.17, 15) is 4.79 Å². The molecule has 0 aliphatic carbocycles. The quantitative estimate of drug-likeness (QED) is 0.299. The highest BCUT2D eigenvalue weighted by molar-refractivity contribution is 6.33. The van der Waals surface area contributed by atoms with Gasteiger partial charge in [-0.15, -0.1) is 0 Å². The summed E-state index contributed by atoms with van der Waals surface area (Å²) in [4.78, 5) is 13.2. The van der Waals surface area contributed by atoms with Gasteiger partial charge in [-0.05, 0) is 18.1 Å². The molecule has 0 atom stereocenters. The van der Waals surface area contributed by atoms with Crippen LogP contribution >= 0.6 is 11.6 Å². The Morgan fingerprint density at radius 1 is 0.833 bits per heavy atom. The van der Waals surface area contributed by atoms with E-state index in [0.29, 0.717) is 36.0 Å². The second-order valence-corrected chi connectivity index (χ2v) is 8.99. The predicted molar refractivity (Wildman–Crippen MR) is 142 cm³/mol. The first-order valence-corrected chi connectivity index (χ1v) is 12.2. The summed E-state index contributed by atoms with van der Waals surface area (Å²) in [6, 6.07) is 30.1. The molecule has 0 radical (unpaired) electrons. The monoisotopic (exact) mass is 495 g/mol. The van der Waals surface area contributed by atoms with Crippen molar-refractivity contribution in [2.45, 2.75) is 26.6 Å². The minimum Gasteiger partial charge on any atom is -0.348 e. The van der Waals surface area contributed by atoms with Gasteiger partial charge in [-0.2, -0.15) is 10.2 Å². The summed E-state index contributed by atoms with van der Waals surface area (Å²) in [7, 11) is 0. The molecule has 2 heterocycles. The summed E-state index contributed by atoms with van der Waals surface area (Å²) < 4.78 is 3.57. The third-order valence-corrected chi connectivity index (χ3v) is 6.36. The number of nitrogens with zero attached hydrogens (tertiary/aromatic N) is 4. The number of halogens is 1. The molecule has 1 N–H and O–H groups in total. The Labute approximate surface area is 215 Å². The minimum absolute atomic E-state index is 0.258. The summed E-state index contributed by atoms with van der Waals surface area (Å²) in [6.07, 6.45) is 1.99. The van der Waals surface area contributed by atoms with Crippen LogP contribution in [0.3, 0.4) is 0 Å². The van der Waals surface area contributed by atoms with Gasteiger partial charge in [-0.25, -0.2) is 4.68 Å². The average Bonchev–Trinajstić information content (AvgIpc) is 3.43. The van der Waals surface area contributed by atoms with Crippen LogP contribution in [-0.2, 0) is 19.6 Å². The highest BCUT2D eigenvalue weighted by atomic mass is 35.5. The fourth-order valence-electron chi connectivity index (χ4n) is 4.22. The van der Waals surface area contributed by atoms with Gasteiger partial charge in [0, 0.05) is 23.9 Å². The van der Waals surface area contributed by atoms with Crippen molar-refractivity contribution >= 4 is 17.5 Å². The van der Waals surface area contributed by atoms with Gasteiger partial charge in [0.1, 0.15) is 5.15 Å². The SMILES string of the molecule is Cc1nn(Cc2ccccc2)c(Cl)c1C(=O)NCc1cn(Cc2ccccc2)nc1-c1ccccc1. The van der Waals surface area contributed by atoms with Crippen molar-refractivity contribution in [3.63, 3.8) is 0 Å². The lowest BCUT2D eigenvalue weighted by atomic mass is 10.1. The van der Waals surface area contributed by atoms with Crippen LogP contribution in [0.5, 0.6) is 0 Å². The van der Waals surface area contributed by atoms with Gasteiger partial charge >= 0.3 is 0 Å². The molecular weight excluding hydrogens is 470 g/mol. The highest BCUT2D eigenvalue weighted by Gasteiger charge is 2.21. The van der Waals surface area contributed by atoms with E-state index in [4.69, 9.17) is 16.7 Å². The van der Waals surface area contributed by atoms with E-state index in [1.54, 1.807) is 11.6 Å².